The van der Waals surface area contributed by atoms with Crippen LogP contribution in [0.1, 0.15) is 31.9 Å². The van der Waals surface area contributed by atoms with E-state index in [0.717, 1.165) is 20.3 Å². The van der Waals surface area contributed by atoms with Crippen molar-refractivity contribution in [3.63, 3.8) is 0 Å². The molecule has 1 heterocycles. The minimum absolute atomic E-state index is 0.126. The van der Waals surface area contributed by atoms with Gasteiger partial charge < -0.3 is 0 Å². The number of thiazole rings is 1. The molecule has 1 amide bonds. The van der Waals surface area contributed by atoms with E-state index in [1.807, 2.05) is 36.4 Å². The second-order valence-corrected chi connectivity index (χ2v) is 8.77. The van der Waals surface area contributed by atoms with Gasteiger partial charge in [-0.15, -0.1) is 0 Å². The Balaban J connectivity index is 1.67. The van der Waals surface area contributed by atoms with Gasteiger partial charge in [0, 0.05) is 10.5 Å². The number of hydrogen-bond acceptors (Lipinski definition) is 3. The van der Waals surface area contributed by atoms with E-state index in [0.29, 0.717) is 5.13 Å². The molecule has 0 unspecified atom stereocenters. The lowest BCUT2D eigenvalue weighted by molar-refractivity contribution is -0.111. The van der Waals surface area contributed by atoms with Crippen LogP contribution in [0.25, 0.3) is 16.3 Å². The summed E-state index contributed by atoms with van der Waals surface area (Å²) < 4.78 is 2.03. The van der Waals surface area contributed by atoms with Gasteiger partial charge in [-0.1, -0.05) is 72.3 Å². The van der Waals surface area contributed by atoms with Gasteiger partial charge in [0.15, 0.2) is 5.13 Å². The fourth-order valence-corrected chi connectivity index (χ4v) is 3.79. The Hall–Kier alpha value is -1.98. The fraction of sp³-hybridized carbons (Fsp3) is 0.200. The van der Waals surface area contributed by atoms with E-state index in [4.69, 9.17) is 0 Å². The maximum absolute atomic E-state index is 12.1. The summed E-state index contributed by atoms with van der Waals surface area (Å²) >= 11 is 4.90. The van der Waals surface area contributed by atoms with Gasteiger partial charge in [0.2, 0.25) is 5.91 Å². The van der Waals surface area contributed by atoms with Gasteiger partial charge in [-0.25, -0.2) is 4.98 Å². The van der Waals surface area contributed by atoms with Crippen LogP contribution in [0.5, 0.6) is 0 Å². The quantitative estimate of drug-likeness (QED) is 0.533. The number of fused-ring (bicyclic) bond motifs is 1. The molecule has 3 rings (SSSR count). The zero-order valence-electron chi connectivity index (χ0n) is 14.3. The maximum Gasteiger partial charge on any atom is 0.250 e. The summed E-state index contributed by atoms with van der Waals surface area (Å²) in [5.41, 5.74) is 3.28. The number of halogens is 1. The fourth-order valence-electron chi connectivity index (χ4n) is 2.37. The highest BCUT2D eigenvalue weighted by atomic mass is 79.9. The molecule has 0 aliphatic rings. The Labute approximate surface area is 159 Å². The van der Waals surface area contributed by atoms with Crippen LogP contribution in [0.3, 0.4) is 0 Å². The lowest BCUT2D eigenvalue weighted by Gasteiger charge is -2.18. The van der Waals surface area contributed by atoms with E-state index in [9.17, 15) is 4.79 Å². The van der Waals surface area contributed by atoms with Crippen molar-refractivity contribution in [3.8, 4) is 0 Å². The summed E-state index contributed by atoms with van der Waals surface area (Å²) in [6.07, 6.45) is 3.35. The van der Waals surface area contributed by atoms with Crippen LogP contribution in [0.15, 0.2) is 53.0 Å². The minimum Gasteiger partial charge on any atom is -0.298 e. The molecule has 2 aromatic carbocycles. The van der Waals surface area contributed by atoms with Crippen LogP contribution < -0.4 is 5.32 Å². The largest absolute Gasteiger partial charge is 0.298 e. The topological polar surface area (TPSA) is 42.0 Å². The number of carbonyl (C=O) groups excluding carboxylic acids is 1. The molecule has 0 saturated heterocycles. The molecule has 0 aliphatic heterocycles. The summed E-state index contributed by atoms with van der Waals surface area (Å²) in [5.74, 6) is -0.182. The van der Waals surface area contributed by atoms with E-state index in [1.54, 1.807) is 0 Å². The molecule has 0 saturated carbocycles. The smallest absolute Gasteiger partial charge is 0.250 e. The lowest BCUT2D eigenvalue weighted by atomic mass is 9.87. The van der Waals surface area contributed by atoms with Crippen molar-refractivity contribution in [2.24, 2.45) is 0 Å². The summed E-state index contributed by atoms with van der Waals surface area (Å²) in [6.45, 7) is 6.55. The van der Waals surface area contributed by atoms with Crippen molar-refractivity contribution >= 4 is 54.6 Å². The zero-order chi connectivity index (χ0) is 18.0. The predicted octanol–water partition coefficient (Wildman–Crippen LogP) is 6.01. The number of benzene rings is 2. The number of hydrogen-bond donors (Lipinski definition) is 1. The van der Waals surface area contributed by atoms with Gasteiger partial charge in [0.25, 0.3) is 0 Å². The average Bonchev–Trinajstić information content (AvgIpc) is 2.93. The van der Waals surface area contributed by atoms with Crippen molar-refractivity contribution in [1.82, 2.24) is 4.98 Å². The average molecular weight is 415 g/mol. The highest BCUT2D eigenvalue weighted by Crippen LogP contribution is 2.28. The summed E-state index contributed by atoms with van der Waals surface area (Å²) in [4.78, 5) is 16.5. The van der Waals surface area contributed by atoms with E-state index >= 15 is 0 Å². The SMILES string of the molecule is CC(C)(C)c1ccc(C=CC(=O)Nc2nc3ccc(Br)cc3s2)cc1. The zero-order valence-corrected chi connectivity index (χ0v) is 16.7. The lowest BCUT2D eigenvalue weighted by Crippen LogP contribution is -2.10. The first-order chi connectivity index (χ1) is 11.8. The third-order valence-corrected chi connectivity index (χ3v) is 5.21. The summed E-state index contributed by atoms with van der Waals surface area (Å²) in [5, 5.41) is 3.43. The molecule has 128 valence electrons. The molecule has 5 heteroatoms. The molecule has 0 fully saturated rings. The standard InChI is InChI=1S/C20H19BrN2OS/c1-20(2,3)14-7-4-13(5-8-14)6-11-18(24)23-19-22-16-10-9-15(21)12-17(16)25-19/h4-12H,1-3H3,(H,22,23,24). The van der Waals surface area contributed by atoms with Crippen LogP contribution in [-0.4, -0.2) is 10.9 Å². The molecular weight excluding hydrogens is 396 g/mol. The first-order valence-electron chi connectivity index (χ1n) is 7.97. The van der Waals surface area contributed by atoms with E-state index in [2.05, 4.69) is 59.1 Å². The third-order valence-electron chi connectivity index (χ3n) is 3.78. The normalized spacial score (nSPS) is 12.0. The van der Waals surface area contributed by atoms with Gasteiger partial charge in [0.05, 0.1) is 10.2 Å². The van der Waals surface area contributed by atoms with Crippen molar-refractivity contribution in [1.29, 1.82) is 0 Å². The molecular formula is C20H19BrN2OS. The van der Waals surface area contributed by atoms with Crippen LogP contribution in [-0.2, 0) is 10.2 Å². The maximum atomic E-state index is 12.1. The Morgan fingerprint density at radius 3 is 2.56 bits per heavy atom. The van der Waals surface area contributed by atoms with Crippen molar-refractivity contribution in [2.45, 2.75) is 26.2 Å². The molecule has 3 nitrogen and oxygen atoms in total. The van der Waals surface area contributed by atoms with Crippen LogP contribution in [0.2, 0.25) is 0 Å². The third kappa shape index (κ3) is 4.55. The van der Waals surface area contributed by atoms with Crippen molar-refractivity contribution in [2.75, 3.05) is 5.32 Å². The first-order valence-corrected chi connectivity index (χ1v) is 9.58. The summed E-state index contributed by atoms with van der Waals surface area (Å²) in [6, 6.07) is 14.1. The van der Waals surface area contributed by atoms with Crippen molar-refractivity contribution < 1.29 is 4.79 Å². The van der Waals surface area contributed by atoms with E-state index in [1.165, 1.54) is 23.0 Å². The second kappa shape index (κ2) is 7.10. The van der Waals surface area contributed by atoms with Crippen LogP contribution in [0.4, 0.5) is 5.13 Å². The number of carbonyl (C=O) groups is 1. The molecule has 0 radical (unpaired) electrons. The Bertz CT molecular complexity index is 936. The number of nitrogens with one attached hydrogen (secondary N) is 1. The number of nitrogens with zero attached hydrogens (tertiary/aromatic N) is 1. The first kappa shape index (κ1) is 17.8. The molecule has 25 heavy (non-hydrogen) atoms. The van der Waals surface area contributed by atoms with Gasteiger partial charge in [-0.05, 0) is 40.8 Å². The van der Waals surface area contributed by atoms with Gasteiger partial charge in [-0.2, -0.15) is 0 Å². The van der Waals surface area contributed by atoms with E-state index in [-0.39, 0.29) is 11.3 Å². The molecule has 0 bridgehead atoms. The predicted molar refractivity (Wildman–Crippen MR) is 110 cm³/mol. The summed E-state index contributed by atoms with van der Waals surface area (Å²) in [7, 11) is 0. The monoisotopic (exact) mass is 414 g/mol. The molecule has 3 aromatic rings. The van der Waals surface area contributed by atoms with Gasteiger partial charge >= 0.3 is 0 Å². The molecule has 1 aromatic heterocycles. The molecule has 0 aliphatic carbocycles. The second-order valence-electron chi connectivity index (χ2n) is 6.83. The molecule has 1 N–H and O–H groups in total. The molecule has 0 spiro atoms. The highest BCUT2D eigenvalue weighted by Gasteiger charge is 2.12. The highest BCUT2D eigenvalue weighted by molar-refractivity contribution is 9.10. The number of anilines is 1. The van der Waals surface area contributed by atoms with Crippen LogP contribution >= 0.6 is 27.3 Å². The Kier molecular flexibility index (Phi) is 5.06. The van der Waals surface area contributed by atoms with E-state index < -0.39 is 0 Å². The van der Waals surface area contributed by atoms with Gasteiger partial charge in [0.1, 0.15) is 0 Å². The van der Waals surface area contributed by atoms with Crippen molar-refractivity contribution in [3.05, 3.63) is 64.1 Å². The number of aromatic nitrogens is 1. The Morgan fingerprint density at radius 1 is 1.16 bits per heavy atom. The van der Waals surface area contributed by atoms with Gasteiger partial charge in [-0.3, -0.25) is 10.1 Å². The number of amides is 1. The Morgan fingerprint density at radius 2 is 1.88 bits per heavy atom. The number of rotatable bonds is 3. The molecule has 0 atom stereocenters. The minimum atomic E-state index is -0.182. The van der Waals surface area contributed by atoms with Crippen LogP contribution in [0, 0.1) is 0 Å².